The fourth-order valence-corrected chi connectivity index (χ4v) is 4.48. The quantitative estimate of drug-likeness (QED) is 0.428. The van der Waals surface area contributed by atoms with Crippen molar-refractivity contribution in [1.29, 1.82) is 0 Å². The molecule has 11 heteroatoms. The highest BCUT2D eigenvalue weighted by atomic mass is 35.5. The van der Waals surface area contributed by atoms with Gasteiger partial charge in [0.1, 0.15) is 18.3 Å². The largest absolute Gasteiger partial charge is 0.497 e. The highest BCUT2D eigenvalue weighted by molar-refractivity contribution is 6.30. The van der Waals surface area contributed by atoms with Gasteiger partial charge < -0.3 is 20.1 Å². The van der Waals surface area contributed by atoms with Crippen molar-refractivity contribution in [1.82, 2.24) is 30.4 Å². The van der Waals surface area contributed by atoms with E-state index in [1.54, 1.807) is 55.6 Å². The molecule has 1 heterocycles. The molecule has 0 spiro atoms. The second kappa shape index (κ2) is 12.0. The van der Waals surface area contributed by atoms with Crippen LogP contribution in [0.4, 0.5) is 0 Å². The number of benzene rings is 2. The number of methoxy groups -OCH3 is 1. The number of nitrogens with zero attached hydrogens (tertiary/aromatic N) is 5. The van der Waals surface area contributed by atoms with Gasteiger partial charge in [0.05, 0.1) is 13.7 Å². The number of ether oxygens (including phenoxy) is 1. The number of amides is 2. The van der Waals surface area contributed by atoms with Crippen LogP contribution in [0.3, 0.4) is 0 Å². The minimum absolute atomic E-state index is 0.0375. The van der Waals surface area contributed by atoms with Crippen molar-refractivity contribution in [2.24, 2.45) is 0 Å². The van der Waals surface area contributed by atoms with Crippen molar-refractivity contribution in [3.63, 3.8) is 0 Å². The third-order valence-electron chi connectivity index (χ3n) is 6.19. The summed E-state index contributed by atoms with van der Waals surface area (Å²) in [5.41, 5.74) is 1.32. The van der Waals surface area contributed by atoms with Crippen LogP contribution in [0.15, 0.2) is 48.5 Å². The van der Waals surface area contributed by atoms with Crippen LogP contribution in [0.1, 0.15) is 37.3 Å². The van der Waals surface area contributed by atoms with E-state index < -0.39 is 11.9 Å². The fraction of sp³-hybridized carbons (Fsp3) is 0.400. The first-order valence-corrected chi connectivity index (χ1v) is 12.2. The van der Waals surface area contributed by atoms with Crippen LogP contribution in [-0.2, 0) is 16.1 Å². The third kappa shape index (κ3) is 6.19. The average molecular weight is 513 g/mol. The van der Waals surface area contributed by atoms with E-state index in [1.165, 1.54) is 9.70 Å². The molecule has 0 unspecified atom stereocenters. The maximum atomic E-state index is 13.4. The molecule has 0 radical (unpaired) electrons. The number of halogens is 1. The van der Waals surface area contributed by atoms with E-state index in [0.717, 1.165) is 31.2 Å². The molecule has 1 saturated carbocycles. The summed E-state index contributed by atoms with van der Waals surface area (Å²) >= 11 is 6.06. The number of hydrogen-bond donors (Lipinski definition) is 2. The van der Waals surface area contributed by atoms with E-state index in [1.807, 2.05) is 0 Å². The average Bonchev–Trinajstić information content (AvgIpc) is 3.57. The van der Waals surface area contributed by atoms with Gasteiger partial charge >= 0.3 is 0 Å². The number of carbonyl (C=O) groups is 2. The van der Waals surface area contributed by atoms with Crippen LogP contribution < -0.4 is 10.1 Å². The molecule has 0 bridgehead atoms. The minimum atomic E-state index is -0.938. The Balaban J connectivity index is 1.55. The molecule has 1 aromatic heterocycles. The molecule has 2 amide bonds. The number of nitrogens with one attached hydrogen (secondary N) is 1. The van der Waals surface area contributed by atoms with Gasteiger partial charge in [0, 0.05) is 23.2 Å². The Bertz CT molecular complexity index is 1160. The van der Waals surface area contributed by atoms with Gasteiger partial charge in [0.2, 0.25) is 17.6 Å². The molecule has 2 aromatic carbocycles. The zero-order valence-electron chi connectivity index (χ0n) is 20.0. The van der Waals surface area contributed by atoms with E-state index in [-0.39, 0.29) is 31.6 Å². The Morgan fingerprint density at radius 1 is 1.17 bits per heavy atom. The molecule has 1 atom stereocenters. The molecular weight excluding hydrogens is 484 g/mol. The van der Waals surface area contributed by atoms with Crippen molar-refractivity contribution in [3.05, 3.63) is 59.1 Å². The molecule has 3 aromatic rings. The van der Waals surface area contributed by atoms with Gasteiger partial charge in [-0.25, -0.2) is 0 Å². The van der Waals surface area contributed by atoms with E-state index in [0.29, 0.717) is 22.2 Å². The Kier molecular flexibility index (Phi) is 8.50. The molecule has 0 aliphatic heterocycles. The Morgan fingerprint density at radius 3 is 2.50 bits per heavy atom. The molecule has 4 rings (SSSR count). The zero-order chi connectivity index (χ0) is 25.5. The van der Waals surface area contributed by atoms with Crippen molar-refractivity contribution in [3.8, 4) is 17.1 Å². The second-order valence-corrected chi connectivity index (χ2v) is 9.06. The molecule has 0 saturated heterocycles. The van der Waals surface area contributed by atoms with Gasteiger partial charge in [0.15, 0.2) is 0 Å². The number of tetrazole rings is 1. The molecule has 1 fully saturated rings. The summed E-state index contributed by atoms with van der Waals surface area (Å²) in [5, 5.41) is 25.7. The predicted octanol–water partition coefficient (Wildman–Crippen LogP) is 2.62. The van der Waals surface area contributed by atoms with Crippen LogP contribution in [0.2, 0.25) is 5.02 Å². The van der Waals surface area contributed by atoms with E-state index >= 15 is 0 Å². The van der Waals surface area contributed by atoms with Gasteiger partial charge in [-0.15, -0.1) is 10.2 Å². The van der Waals surface area contributed by atoms with Crippen LogP contribution in [0.25, 0.3) is 11.4 Å². The minimum Gasteiger partial charge on any atom is -0.497 e. The molecule has 2 N–H and O–H groups in total. The summed E-state index contributed by atoms with van der Waals surface area (Å²) in [6.07, 6.45) is 3.93. The number of aliphatic hydroxyl groups excluding tert-OH is 1. The SMILES string of the molecule is COc1ccc(-c2nnn(CC(=O)N(CCO)[C@H](C(=O)NC3CCCC3)c3ccc(Cl)cc3)n2)cc1. The summed E-state index contributed by atoms with van der Waals surface area (Å²) in [4.78, 5) is 29.4. The Labute approximate surface area is 214 Å². The molecule has 1 aliphatic carbocycles. The number of hydrogen-bond acceptors (Lipinski definition) is 7. The first-order chi connectivity index (χ1) is 17.5. The molecule has 1 aliphatic rings. The summed E-state index contributed by atoms with van der Waals surface area (Å²) in [6, 6.07) is 13.1. The van der Waals surface area contributed by atoms with Gasteiger partial charge in [-0.05, 0) is 60.0 Å². The Hall–Kier alpha value is -3.50. The lowest BCUT2D eigenvalue weighted by Crippen LogP contribution is -2.48. The number of aliphatic hydroxyl groups is 1. The van der Waals surface area contributed by atoms with Gasteiger partial charge in [-0.1, -0.05) is 36.6 Å². The molecular formula is C25H29ClN6O4. The van der Waals surface area contributed by atoms with Crippen LogP contribution in [-0.4, -0.2) is 68.3 Å². The van der Waals surface area contributed by atoms with Gasteiger partial charge in [-0.3, -0.25) is 9.59 Å². The van der Waals surface area contributed by atoms with Crippen LogP contribution in [0.5, 0.6) is 5.75 Å². The zero-order valence-corrected chi connectivity index (χ0v) is 20.8. The smallest absolute Gasteiger partial charge is 0.247 e. The van der Waals surface area contributed by atoms with Crippen molar-refractivity contribution < 1.29 is 19.4 Å². The Morgan fingerprint density at radius 2 is 1.86 bits per heavy atom. The third-order valence-corrected chi connectivity index (χ3v) is 6.44. The van der Waals surface area contributed by atoms with Crippen molar-refractivity contribution >= 4 is 23.4 Å². The molecule has 190 valence electrons. The summed E-state index contributed by atoms with van der Waals surface area (Å²) in [5.74, 6) is 0.332. The molecule has 36 heavy (non-hydrogen) atoms. The van der Waals surface area contributed by atoms with Crippen molar-refractivity contribution in [2.45, 2.75) is 44.3 Å². The highest BCUT2D eigenvalue weighted by Crippen LogP contribution is 2.26. The lowest BCUT2D eigenvalue weighted by atomic mass is 10.0. The van der Waals surface area contributed by atoms with Gasteiger partial charge in [-0.2, -0.15) is 4.80 Å². The predicted molar refractivity (Wildman–Crippen MR) is 133 cm³/mol. The number of rotatable bonds is 10. The second-order valence-electron chi connectivity index (χ2n) is 8.63. The van der Waals surface area contributed by atoms with Crippen molar-refractivity contribution in [2.75, 3.05) is 20.3 Å². The normalized spacial score (nSPS) is 14.4. The first kappa shape index (κ1) is 25.6. The lowest BCUT2D eigenvalue weighted by molar-refractivity contribution is -0.142. The monoisotopic (exact) mass is 512 g/mol. The summed E-state index contributed by atoms with van der Waals surface area (Å²) in [6.45, 7) is -0.595. The van der Waals surface area contributed by atoms with Gasteiger partial charge in [0.25, 0.3) is 0 Å². The maximum absolute atomic E-state index is 13.4. The van der Waals surface area contributed by atoms with E-state index in [2.05, 4.69) is 20.7 Å². The topological polar surface area (TPSA) is 122 Å². The lowest BCUT2D eigenvalue weighted by Gasteiger charge is -2.31. The summed E-state index contributed by atoms with van der Waals surface area (Å²) < 4.78 is 5.17. The first-order valence-electron chi connectivity index (χ1n) is 11.9. The summed E-state index contributed by atoms with van der Waals surface area (Å²) in [7, 11) is 1.58. The molecule has 10 nitrogen and oxygen atoms in total. The van der Waals surface area contributed by atoms with E-state index in [4.69, 9.17) is 16.3 Å². The fourth-order valence-electron chi connectivity index (χ4n) is 4.35. The standard InChI is InChI=1S/C25H29ClN6O4/c1-36-21-12-8-18(9-13-21)24-28-30-32(29-24)16-22(34)31(14-15-33)23(17-6-10-19(26)11-7-17)25(35)27-20-4-2-3-5-20/h6-13,20,23,33H,2-5,14-16H2,1H3,(H,27,35)/t23-/m0/s1. The van der Waals surface area contributed by atoms with Crippen LogP contribution in [0, 0.1) is 0 Å². The van der Waals surface area contributed by atoms with Crippen LogP contribution >= 0.6 is 11.6 Å². The highest BCUT2D eigenvalue weighted by Gasteiger charge is 2.33. The van der Waals surface area contributed by atoms with E-state index in [9.17, 15) is 14.7 Å². The number of aromatic nitrogens is 4. The number of carbonyl (C=O) groups excluding carboxylic acids is 2. The maximum Gasteiger partial charge on any atom is 0.247 e.